The summed E-state index contributed by atoms with van der Waals surface area (Å²) in [6.45, 7) is 7.91. The molecule has 0 saturated carbocycles. The molecule has 0 fully saturated rings. The van der Waals surface area contributed by atoms with Gasteiger partial charge >= 0.3 is 12.1 Å². The Labute approximate surface area is 146 Å². The normalized spacial score (nSPS) is 12.0. The highest BCUT2D eigenvalue weighted by molar-refractivity contribution is 5.98. The minimum absolute atomic E-state index is 0.0893. The summed E-state index contributed by atoms with van der Waals surface area (Å²) < 4.78 is 23.5. The molecule has 0 heterocycles. The Hall–Kier alpha value is -2.70. The number of ether oxygens (including phenoxy) is 2. The number of carbonyl (C=O) groups excluding carboxylic acids is 3. The Bertz CT molecular complexity index is 651. The fraction of sp³-hybridized carbons (Fsp3) is 0.389. The number of ketones is 1. The van der Waals surface area contributed by atoms with Crippen molar-refractivity contribution in [3.05, 3.63) is 48.3 Å². The van der Waals surface area contributed by atoms with Crippen LogP contribution in [0.1, 0.15) is 37.6 Å². The van der Waals surface area contributed by atoms with Gasteiger partial charge in [0.25, 0.3) is 0 Å². The number of hydrogen-bond donors (Lipinski definition) is 1. The van der Waals surface area contributed by atoms with Crippen LogP contribution in [0.2, 0.25) is 0 Å². The molecule has 1 N–H and O–H groups in total. The van der Waals surface area contributed by atoms with E-state index in [1.54, 1.807) is 20.8 Å². The summed E-state index contributed by atoms with van der Waals surface area (Å²) in [5.41, 5.74) is -0.899. The van der Waals surface area contributed by atoms with Gasteiger partial charge in [-0.1, -0.05) is 18.2 Å². The molecule has 6 nitrogen and oxygen atoms in total. The highest BCUT2D eigenvalue weighted by atomic mass is 19.1. The van der Waals surface area contributed by atoms with Gasteiger partial charge in [-0.15, -0.1) is 6.58 Å². The van der Waals surface area contributed by atoms with Crippen molar-refractivity contribution < 1.29 is 28.2 Å². The number of halogens is 1. The maximum Gasteiger partial charge on any atom is 0.408 e. The van der Waals surface area contributed by atoms with Crippen molar-refractivity contribution in [1.82, 2.24) is 5.32 Å². The topological polar surface area (TPSA) is 81.7 Å². The van der Waals surface area contributed by atoms with Crippen molar-refractivity contribution in [2.45, 2.75) is 38.8 Å². The molecule has 0 bridgehead atoms. The summed E-state index contributed by atoms with van der Waals surface area (Å²) in [4.78, 5) is 35.7. The smallest absolute Gasteiger partial charge is 0.408 e. The lowest BCUT2D eigenvalue weighted by molar-refractivity contribution is -0.144. The first kappa shape index (κ1) is 20.3. The Morgan fingerprint density at radius 1 is 1.28 bits per heavy atom. The van der Waals surface area contributed by atoms with Crippen molar-refractivity contribution >= 4 is 17.8 Å². The molecule has 0 aliphatic rings. The standard InChI is InChI=1S/C18H22FNO5/c1-5-8-14(20-17(23)25-18(2,3)4)16(22)24-11-15(21)12-9-6-7-10-13(12)19/h5-7,9-10,14H,1,8,11H2,2-4H3,(H,20,23)/t14-/m0/s1. The zero-order valence-corrected chi connectivity index (χ0v) is 14.5. The van der Waals surface area contributed by atoms with Crippen LogP contribution in [0.15, 0.2) is 36.9 Å². The van der Waals surface area contributed by atoms with Gasteiger partial charge < -0.3 is 14.8 Å². The van der Waals surface area contributed by atoms with Crippen LogP contribution in [0.3, 0.4) is 0 Å². The van der Waals surface area contributed by atoms with Gasteiger partial charge in [-0.05, 0) is 39.3 Å². The van der Waals surface area contributed by atoms with Gasteiger partial charge in [0, 0.05) is 0 Å². The maximum atomic E-state index is 13.5. The molecule has 25 heavy (non-hydrogen) atoms. The van der Waals surface area contributed by atoms with Crippen molar-refractivity contribution in [3.8, 4) is 0 Å². The zero-order chi connectivity index (χ0) is 19.0. The van der Waals surface area contributed by atoms with Crippen molar-refractivity contribution in [2.75, 3.05) is 6.61 Å². The third-order valence-corrected chi connectivity index (χ3v) is 2.90. The molecule has 1 atom stereocenters. The molecule has 0 unspecified atom stereocenters. The van der Waals surface area contributed by atoms with Crippen LogP contribution in [0, 0.1) is 5.82 Å². The Kier molecular flexibility index (Phi) is 7.29. The van der Waals surface area contributed by atoms with Crippen LogP contribution >= 0.6 is 0 Å². The van der Waals surface area contributed by atoms with E-state index in [0.717, 1.165) is 6.07 Å². The quantitative estimate of drug-likeness (QED) is 0.464. The van der Waals surface area contributed by atoms with Crippen LogP contribution in [0.4, 0.5) is 9.18 Å². The maximum absolute atomic E-state index is 13.5. The number of amides is 1. The second kappa shape index (κ2) is 8.96. The third kappa shape index (κ3) is 7.15. The van der Waals surface area contributed by atoms with E-state index in [9.17, 15) is 18.8 Å². The number of rotatable bonds is 7. The second-order valence-electron chi connectivity index (χ2n) is 6.23. The van der Waals surface area contributed by atoms with Gasteiger partial charge in [0.05, 0.1) is 5.56 Å². The van der Waals surface area contributed by atoms with Gasteiger partial charge in [0.1, 0.15) is 17.5 Å². The third-order valence-electron chi connectivity index (χ3n) is 2.90. The Morgan fingerprint density at radius 3 is 2.48 bits per heavy atom. The monoisotopic (exact) mass is 351 g/mol. The van der Waals surface area contributed by atoms with E-state index < -0.39 is 41.9 Å². The minimum Gasteiger partial charge on any atom is -0.456 e. The number of carbonyl (C=O) groups is 3. The van der Waals surface area contributed by atoms with Crippen LogP contribution in [-0.4, -0.2) is 36.1 Å². The number of Topliss-reactive ketones (excluding diaryl/α,β-unsaturated/α-hetero) is 1. The molecule has 1 aromatic rings. The molecule has 0 saturated heterocycles. The van der Waals surface area contributed by atoms with Gasteiger partial charge in [-0.3, -0.25) is 4.79 Å². The fourth-order valence-electron chi connectivity index (χ4n) is 1.83. The number of nitrogens with one attached hydrogen (secondary N) is 1. The van der Waals surface area contributed by atoms with Crippen molar-refractivity contribution in [1.29, 1.82) is 0 Å². The molecule has 0 aliphatic heterocycles. The molecule has 1 rings (SSSR count). The summed E-state index contributed by atoms with van der Waals surface area (Å²) in [6.07, 6.45) is 0.713. The molecular formula is C18H22FNO5. The summed E-state index contributed by atoms with van der Waals surface area (Å²) >= 11 is 0. The number of hydrogen-bond acceptors (Lipinski definition) is 5. The average Bonchev–Trinajstić information content (AvgIpc) is 2.50. The molecule has 0 aromatic heterocycles. The first-order valence-corrected chi connectivity index (χ1v) is 7.69. The van der Waals surface area contributed by atoms with Crippen molar-refractivity contribution in [2.24, 2.45) is 0 Å². The fourth-order valence-corrected chi connectivity index (χ4v) is 1.83. The predicted octanol–water partition coefficient (Wildman–Crippen LogP) is 3.02. The SMILES string of the molecule is C=CC[C@H](NC(=O)OC(C)(C)C)C(=O)OCC(=O)c1ccccc1F. The molecule has 1 amide bonds. The average molecular weight is 351 g/mol. The molecule has 0 spiro atoms. The predicted molar refractivity (Wildman–Crippen MR) is 89.7 cm³/mol. The molecule has 1 aromatic carbocycles. The molecule has 0 radical (unpaired) electrons. The van der Waals surface area contributed by atoms with Gasteiger partial charge in [-0.2, -0.15) is 0 Å². The Balaban J connectivity index is 2.64. The molecule has 0 aliphatic carbocycles. The second-order valence-corrected chi connectivity index (χ2v) is 6.23. The van der Waals surface area contributed by atoms with E-state index in [4.69, 9.17) is 9.47 Å². The highest BCUT2D eigenvalue weighted by Crippen LogP contribution is 2.09. The van der Waals surface area contributed by atoms with E-state index >= 15 is 0 Å². The van der Waals surface area contributed by atoms with Crippen LogP contribution in [0.5, 0.6) is 0 Å². The first-order chi connectivity index (χ1) is 11.6. The largest absolute Gasteiger partial charge is 0.456 e. The summed E-state index contributed by atoms with van der Waals surface area (Å²) in [6, 6.07) is 4.33. The first-order valence-electron chi connectivity index (χ1n) is 7.69. The molecule has 7 heteroatoms. The minimum atomic E-state index is -1.05. The van der Waals surface area contributed by atoms with Crippen LogP contribution < -0.4 is 5.32 Å². The van der Waals surface area contributed by atoms with Crippen molar-refractivity contribution in [3.63, 3.8) is 0 Å². The van der Waals surface area contributed by atoms with E-state index in [1.807, 2.05) is 0 Å². The highest BCUT2D eigenvalue weighted by Gasteiger charge is 2.25. The van der Waals surface area contributed by atoms with Gasteiger partial charge in [0.15, 0.2) is 6.61 Å². The number of alkyl carbamates (subject to hydrolysis) is 1. The van der Waals surface area contributed by atoms with Crippen LogP contribution in [-0.2, 0) is 14.3 Å². The zero-order valence-electron chi connectivity index (χ0n) is 14.5. The summed E-state index contributed by atoms with van der Waals surface area (Å²) in [5, 5.41) is 2.36. The number of benzene rings is 1. The lowest BCUT2D eigenvalue weighted by Crippen LogP contribution is -2.44. The van der Waals surface area contributed by atoms with E-state index in [1.165, 1.54) is 24.3 Å². The van der Waals surface area contributed by atoms with E-state index in [0.29, 0.717) is 0 Å². The van der Waals surface area contributed by atoms with E-state index in [-0.39, 0.29) is 12.0 Å². The molecular weight excluding hydrogens is 329 g/mol. The lowest BCUT2D eigenvalue weighted by atomic mass is 10.1. The number of esters is 1. The van der Waals surface area contributed by atoms with E-state index in [2.05, 4.69) is 11.9 Å². The van der Waals surface area contributed by atoms with Gasteiger partial charge in [0.2, 0.25) is 5.78 Å². The summed E-state index contributed by atoms with van der Waals surface area (Å²) in [5.74, 6) is -2.21. The summed E-state index contributed by atoms with van der Waals surface area (Å²) in [7, 11) is 0. The Morgan fingerprint density at radius 2 is 1.92 bits per heavy atom. The van der Waals surface area contributed by atoms with Gasteiger partial charge in [-0.25, -0.2) is 14.0 Å². The lowest BCUT2D eigenvalue weighted by Gasteiger charge is -2.22. The van der Waals surface area contributed by atoms with Crippen LogP contribution in [0.25, 0.3) is 0 Å². The molecule has 136 valence electrons.